The summed E-state index contributed by atoms with van der Waals surface area (Å²) in [5, 5.41) is 0. The van der Waals surface area contributed by atoms with Crippen LogP contribution in [0.4, 0.5) is 5.69 Å². The van der Waals surface area contributed by atoms with E-state index in [2.05, 4.69) is 30.1 Å². The average molecular weight is 176 g/mol. The van der Waals surface area contributed by atoms with Crippen LogP contribution in [-0.2, 0) is 12.8 Å². The molecule has 13 heavy (non-hydrogen) atoms. The number of hydrogen-bond acceptors (Lipinski definition) is 2. The lowest BCUT2D eigenvalue weighted by molar-refractivity contribution is 0.932. The SMILES string of the molecule is CN1CCc2cccc(CCN)c21. The van der Waals surface area contributed by atoms with E-state index in [1.165, 1.54) is 23.2 Å². The van der Waals surface area contributed by atoms with Gasteiger partial charge < -0.3 is 10.6 Å². The minimum Gasteiger partial charge on any atom is -0.374 e. The maximum atomic E-state index is 5.58. The number of benzene rings is 1. The number of anilines is 1. The van der Waals surface area contributed by atoms with Crippen molar-refractivity contribution in [1.29, 1.82) is 0 Å². The first kappa shape index (κ1) is 8.57. The van der Waals surface area contributed by atoms with Gasteiger partial charge in [-0.05, 0) is 30.5 Å². The van der Waals surface area contributed by atoms with Crippen molar-refractivity contribution >= 4 is 5.69 Å². The van der Waals surface area contributed by atoms with Gasteiger partial charge in [-0.3, -0.25) is 0 Å². The molecule has 1 aromatic carbocycles. The van der Waals surface area contributed by atoms with Crippen molar-refractivity contribution < 1.29 is 0 Å². The molecular formula is C11H16N2. The fourth-order valence-corrected chi connectivity index (χ4v) is 2.09. The van der Waals surface area contributed by atoms with Crippen molar-refractivity contribution in [2.75, 3.05) is 25.0 Å². The monoisotopic (exact) mass is 176 g/mol. The standard InChI is InChI=1S/C11H16N2/c1-13-8-6-10-4-2-3-9(5-7-12)11(10)13/h2-4H,5-8,12H2,1H3. The summed E-state index contributed by atoms with van der Waals surface area (Å²) < 4.78 is 0. The van der Waals surface area contributed by atoms with E-state index < -0.39 is 0 Å². The molecule has 2 rings (SSSR count). The summed E-state index contributed by atoms with van der Waals surface area (Å²) in [7, 11) is 2.16. The Morgan fingerprint density at radius 3 is 3.08 bits per heavy atom. The Morgan fingerprint density at radius 2 is 2.31 bits per heavy atom. The highest BCUT2D eigenvalue weighted by Crippen LogP contribution is 2.30. The highest BCUT2D eigenvalue weighted by Gasteiger charge is 2.17. The molecule has 70 valence electrons. The van der Waals surface area contributed by atoms with Crippen LogP contribution in [0, 0.1) is 0 Å². The number of likely N-dealkylation sites (N-methyl/N-ethyl adjacent to an activating group) is 1. The number of para-hydroxylation sites is 1. The number of nitrogens with zero attached hydrogens (tertiary/aromatic N) is 1. The van der Waals surface area contributed by atoms with Crippen molar-refractivity contribution in [2.45, 2.75) is 12.8 Å². The van der Waals surface area contributed by atoms with Gasteiger partial charge in [-0.15, -0.1) is 0 Å². The largest absolute Gasteiger partial charge is 0.374 e. The smallest absolute Gasteiger partial charge is 0.0429 e. The van der Waals surface area contributed by atoms with Gasteiger partial charge in [0, 0.05) is 19.3 Å². The molecule has 0 fully saturated rings. The van der Waals surface area contributed by atoms with Crippen LogP contribution < -0.4 is 10.6 Å². The Balaban J connectivity index is 2.41. The highest BCUT2D eigenvalue weighted by molar-refractivity contribution is 5.62. The molecule has 0 amide bonds. The Hall–Kier alpha value is -1.02. The molecule has 2 heteroatoms. The highest BCUT2D eigenvalue weighted by atomic mass is 15.1. The molecular weight excluding hydrogens is 160 g/mol. The summed E-state index contributed by atoms with van der Waals surface area (Å²) in [6, 6.07) is 6.55. The molecule has 0 aliphatic carbocycles. The van der Waals surface area contributed by atoms with Crippen LogP contribution in [0.1, 0.15) is 11.1 Å². The van der Waals surface area contributed by atoms with Crippen molar-refractivity contribution in [3.63, 3.8) is 0 Å². The number of nitrogens with two attached hydrogens (primary N) is 1. The van der Waals surface area contributed by atoms with Crippen LogP contribution >= 0.6 is 0 Å². The second-order valence-electron chi connectivity index (χ2n) is 3.64. The quantitative estimate of drug-likeness (QED) is 0.733. The molecule has 0 aromatic heterocycles. The zero-order valence-corrected chi connectivity index (χ0v) is 8.09. The second kappa shape index (κ2) is 3.38. The van der Waals surface area contributed by atoms with E-state index in [0.717, 1.165) is 19.5 Å². The Labute approximate surface area is 79.4 Å². The Morgan fingerprint density at radius 1 is 1.46 bits per heavy atom. The van der Waals surface area contributed by atoms with E-state index in [9.17, 15) is 0 Å². The van der Waals surface area contributed by atoms with E-state index in [-0.39, 0.29) is 0 Å². The minimum absolute atomic E-state index is 0.740. The first-order valence-electron chi connectivity index (χ1n) is 4.85. The fraction of sp³-hybridized carbons (Fsp3) is 0.455. The van der Waals surface area contributed by atoms with Crippen LogP contribution in [0.25, 0.3) is 0 Å². The normalized spacial score (nSPS) is 14.8. The van der Waals surface area contributed by atoms with Crippen LogP contribution in [0.15, 0.2) is 18.2 Å². The van der Waals surface area contributed by atoms with Gasteiger partial charge in [0.25, 0.3) is 0 Å². The van der Waals surface area contributed by atoms with Gasteiger partial charge >= 0.3 is 0 Å². The zero-order valence-electron chi connectivity index (χ0n) is 8.09. The van der Waals surface area contributed by atoms with Gasteiger partial charge in [-0.1, -0.05) is 18.2 Å². The fourth-order valence-electron chi connectivity index (χ4n) is 2.09. The summed E-state index contributed by atoms with van der Waals surface area (Å²) >= 11 is 0. The summed E-state index contributed by atoms with van der Waals surface area (Å²) in [4.78, 5) is 2.33. The molecule has 0 radical (unpaired) electrons. The Bertz CT molecular complexity index is 307. The van der Waals surface area contributed by atoms with Gasteiger partial charge in [0.2, 0.25) is 0 Å². The third-order valence-corrected chi connectivity index (χ3v) is 2.72. The molecule has 0 bridgehead atoms. The lowest BCUT2D eigenvalue weighted by Gasteiger charge is -2.16. The van der Waals surface area contributed by atoms with Crippen LogP contribution in [0.5, 0.6) is 0 Å². The molecule has 0 saturated heterocycles. The zero-order chi connectivity index (χ0) is 9.26. The van der Waals surface area contributed by atoms with E-state index in [1.807, 2.05) is 0 Å². The predicted octanol–water partition coefficient (Wildman–Crippen LogP) is 1.18. The number of rotatable bonds is 2. The van der Waals surface area contributed by atoms with Gasteiger partial charge in [0.15, 0.2) is 0 Å². The lowest BCUT2D eigenvalue weighted by atomic mass is 10.1. The molecule has 1 aliphatic heterocycles. The summed E-state index contributed by atoms with van der Waals surface area (Å²) in [6.07, 6.45) is 2.18. The summed E-state index contributed by atoms with van der Waals surface area (Å²) in [5.41, 5.74) is 9.89. The first-order chi connectivity index (χ1) is 6.33. The van der Waals surface area contributed by atoms with E-state index in [4.69, 9.17) is 5.73 Å². The molecule has 0 spiro atoms. The van der Waals surface area contributed by atoms with Crippen molar-refractivity contribution in [2.24, 2.45) is 5.73 Å². The van der Waals surface area contributed by atoms with Gasteiger partial charge in [0.1, 0.15) is 0 Å². The molecule has 0 atom stereocenters. The van der Waals surface area contributed by atoms with Crippen molar-refractivity contribution in [3.8, 4) is 0 Å². The molecule has 0 saturated carbocycles. The van der Waals surface area contributed by atoms with Crippen molar-refractivity contribution in [3.05, 3.63) is 29.3 Å². The molecule has 2 nitrogen and oxygen atoms in total. The molecule has 1 aromatic rings. The van der Waals surface area contributed by atoms with Crippen molar-refractivity contribution in [1.82, 2.24) is 0 Å². The van der Waals surface area contributed by atoms with Crippen LogP contribution in [0.2, 0.25) is 0 Å². The summed E-state index contributed by atoms with van der Waals surface area (Å²) in [5.74, 6) is 0. The second-order valence-corrected chi connectivity index (χ2v) is 3.64. The maximum absolute atomic E-state index is 5.58. The molecule has 1 heterocycles. The molecule has 0 unspecified atom stereocenters. The predicted molar refractivity (Wildman–Crippen MR) is 56.2 cm³/mol. The van der Waals surface area contributed by atoms with Gasteiger partial charge in [0.05, 0.1) is 0 Å². The molecule has 2 N–H and O–H groups in total. The first-order valence-corrected chi connectivity index (χ1v) is 4.85. The molecule has 1 aliphatic rings. The number of fused-ring (bicyclic) bond motifs is 1. The third kappa shape index (κ3) is 1.42. The van der Waals surface area contributed by atoms with Gasteiger partial charge in [-0.25, -0.2) is 0 Å². The average Bonchev–Trinajstić information content (AvgIpc) is 2.50. The van der Waals surface area contributed by atoms with Crippen LogP contribution in [-0.4, -0.2) is 20.1 Å². The lowest BCUT2D eigenvalue weighted by Crippen LogP contribution is -2.15. The van der Waals surface area contributed by atoms with E-state index in [0.29, 0.717) is 0 Å². The number of hydrogen-bond donors (Lipinski definition) is 1. The third-order valence-electron chi connectivity index (χ3n) is 2.72. The Kier molecular flexibility index (Phi) is 2.23. The maximum Gasteiger partial charge on any atom is 0.0429 e. The van der Waals surface area contributed by atoms with Gasteiger partial charge in [-0.2, -0.15) is 0 Å². The van der Waals surface area contributed by atoms with E-state index in [1.54, 1.807) is 0 Å². The summed E-state index contributed by atoms with van der Waals surface area (Å²) in [6.45, 7) is 1.89. The minimum atomic E-state index is 0.740. The topological polar surface area (TPSA) is 29.3 Å². The van der Waals surface area contributed by atoms with E-state index >= 15 is 0 Å². The van der Waals surface area contributed by atoms with Crippen LogP contribution in [0.3, 0.4) is 0 Å².